The lowest BCUT2D eigenvalue weighted by Gasteiger charge is -2.32. The molecule has 0 aliphatic carbocycles. The van der Waals surface area contributed by atoms with E-state index in [2.05, 4.69) is 4.99 Å². The zero-order valence-corrected chi connectivity index (χ0v) is 10.5. The van der Waals surface area contributed by atoms with Crippen molar-refractivity contribution >= 4 is 5.96 Å². The van der Waals surface area contributed by atoms with Crippen LogP contribution in [0.2, 0.25) is 0 Å². The summed E-state index contributed by atoms with van der Waals surface area (Å²) in [6.45, 7) is 4.51. The third-order valence-corrected chi connectivity index (χ3v) is 3.36. The molecule has 2 N–H and O–H groups in total. The minimum atomic E-state index is -0.570. The van der Waals surface area contributed by atoms with E-state index in [0.717, 1.165) is 12.5 Å². The van der Waals surface area contributed by atoms with Crippen LogP contribution in [0.3, 0.4) is 0 Å². The zero-order valence-electron chi connectivity index (χ0n) is 10.5. The Balaban J connectivity index is 2.32. The molecule has 1 aromatic carbocycles. The van der Waals surface area contributed by atoms with Gasteiger partial charge in [-0.2, -0.15) is 0 Å². The number of benzene rings is 1. The van der Waals surface area contributed by atoms with Gasteiger partial charge in [-0.15, -0.1) is 0 Å². The molecule has 0 aromatic heterocycles. The van der Waals surface area contributed by atoms with Crippen LogP contribution in [-0.2, 0) is 0 Å². The maximum absolute atomic E-state index is 13.3. The van der Waals surface area contributed by atoms with Crippen LogP contribution in [0.1, 0.15) is 31.9 Å². The Bertz CT molecular complexity index is 453. The molecular weight excluding hydrogens is 236 g/mol. The molecule has 0 bridgehead atoms. The van der Waals surface area contributed by atoms with Crippen LogP contribution in [-0.4, -0.2) is 23.4 Å². The highest BCUT2D eigenvalue weighted by Gasteiger charge is 2.30. The quantitative estimate of drug-likeness (QED) is 0.899. The van der Waals surface area contributed by atoms with Crippen molar-refractivity contribution in [3.63, 3.8) is 0 Å². The molecule has 0 radical (unpaired) electrons. The third kappa shape index (κ3) is 2.30. The van der Waals surface area contributed by atoms with Gasteiger partial charge >= 0.3 is 0 Å². The molecule has 3 nitrogen and oxygen atoms in total. The van der Waals surface area contributed by atoms with Crippen LogP contribution in [0.25, 0.3) is 0 Å². The Labute approximate surface area is 105 Å². The molecule has 1 heterocycles. The first kappa shape index (κ1) is 12.8. The average molecular weight is 253 g/mol. The van der Waals surface area contributed by atoms with E-state index in [4.69, 9.17) is 5.73 Å². The Kier molecular flexibility index (Phi) is 3.50. The number of rotatable bonds is 3. The van der Waals surface area contributed by atoms with Gasteiger partial charge in [-0.25, -0.2) is 8.78 Å². The summed E-state index contributed by atoms with van der Waals surface area (Å²) in [5.74, 6) is -0.696. The summed E-state index contributed by atoms with van der Waals surface area (Å²) < 4.78 is 26.5. The standard InChI is InChI=1S/C13H17F2N3/c1-3-8(2)18-12(7-17-13(18)16)9-4-10(14)6-11(15)5-9/h4-6,8,12H,3,7H2,1-2H3,(H2,16,17). The van der Waals surface area contributed by atoms with Crippen molar-refractivity contribution < 1.29 is 8.78 Å². The SMILES string of the molecule is CCC(C)N1C(N)=NCC1c1cc(F)cc(F)c1. The molecule has 1 aromatic rings. The summed E-state index contributed by atoms with van der Waals surface area (Å²) in [5.41, 5.74) is 6.43. The zero-order chi connectivity index (χ0) is 13.3. The van der Waals surface area contributed by atoms with Crippen LogP contribution < -0.4 is 5.73 Å². The maximum Gasteiger partial charge on any atom is 0.192 e. The highest BCUT2D eigenvalue weighted by atomic mass is 19.1. The Morgan fingerprint density at radius 2 is 2.00 bits per heavy atom. The number of nitrogens with two attached hydrogens (primary N) is 1. The van der Waals surface area contributed by atoms with Crippen molar-refractivity contribution in [2.45, 2.75) is 32.4 Å². The smallest absolute Gasteiger partial charge is 0.192 e. The third-order valence-electron chi connectivity index (χ3n) is 3.36. The van der Waals surface area contributed by atoms with Crippen LogP contribution in [0.4, 0.5) is 8.78 Å². The average Bonchev–Trinajstić information content (AvgIpc) is 2.69. The molecule has 0 fully saturated rings. The Morgan fingerprint density at radius 1 is 1.39 bits per heavy atom. The van der Waals surface area contributed by atoms with Crippen LogP contribution in [0, 0.1) is 11.6 Å². The van der Waals surface area contributed by atoms with Gasteiger partial charge in [0.05, 0.1) is 12.6 Å². The number of aliphatic imine (C=N–C) groups is 1. The molecular formula is C13H17F2N3. The molecule has 98 valence electrons. The van der Waals surface area contributed by atoms with Gasteiger partial charge in [0.2, 0.25) is 0 Å². The van der Waals surface area contributed by atoms with Crippen molar-refractivity contribution in [1.82, 2.24) is 4.90 Å². The second-order valence-corrected chi connectivity index (χ2v) is 4.58. The van der Waals surface area contributed by atoms with Gasteiger partial charge in [0.15, 0.2) is 5.96 Å². The molecule has 1 aliphatic rings. The fourth-order valence-corrected chi connectivity index (χ4v) is 2.27. The van der Waals surface area contributed by atoms with E-state index in [0.29, 0.717) is 18.1 Å². The van der Waals surface area contributed by atoms with E-state index in [1.165, 1.54) is 12.1 Å². The molecule has 0 spiro atoms. The summed E-state index contributed by atoms with van der Waals surface area (Å²) >= 11 is 0. The first-order chi connectivity index (χ1) is 8.52. The van der Waals surface area contributed by atoms with E-state index < -0.39 is 11.6 Å². The van der Waals surface area contributed by atoms with Gasteiger partial charge in [-0.3, -0.25) is 4.99 Å². The monoisotopic (exact) mass is 253 g/mol. The van der Waals surface area contributed by atoms with E-state index in [1.807, 2.05) is 18.7 Å². The van der Waals surface area contributed by atoms with Gasteiger partial charge in [0.1, 0.15) is 11.6 Å². The summed E-state index contributed by atoms with van der Waals surface area (Å²) in [4.78, 5) is 6.10. The second kappa shape index (κ2) is 4.92. The number of halogens is 2. The highest BCUT2D eigenvalue weighted by molar-refractivity contribution is 5.80. The summed E-state index contributed by atoms with van der Waals surface area (Å²) in [7, 11) is 0. The van der Waals surface area contributed by atoms with E-state index >= 15 is 0 Å². The van der Waals surface area contributed by atoms with E-state index in [9.17, 15) is 8.78 Å². The van der Waals surface area contributed by atoms with Gasteiger partial charge in [0, 0.05) is 12.1 Å². The van der Waals surface area contributed by atoms with Crippen LogP contribution >= 0.6 is 0 Å². The molecule has 0 saturated heterocycles. The number of hydrogen-bond acceptors (Lipinski definition) is 3. The topological polar surface area (TPSA) is 41.6 Å². The van der Waals surface area contributed by atoms with Gasteiger partial charge < -0.3 is 10.6 Å². The lowest BCUT2D eigenvalue weighted by Crippen LogP contribution is -2.42. The molecule has 0 saturated carbocycles. The molecule has 2 unspecified atom stereocenters. The molecule has 2 atom stereocenters. The van der Waals surface area contributed by atoms with Crippen molar-refractivity contribution in [3.05, 3.63) is 35.4 Å². The molecule has 5 heteroatoms. The minimum absolute atomic E-state index is 0.176. The normalized spacial score (nSPS) is 21.0. The van der Waals surface area contributed by atoms with Crippen molar-refractivity contribution in [2.24, 2.45) is 10.7 Å². The Morgan fingerprint density at radius 3 is 2.56 bits per heavy atom. The van der Waals surface area contributed by atoms with E-state index in [1.54, 1.807) is 0 Å². The van der Waals surface area contributed by atoms with Gasteiger partial charge in [-0.05, 0) is 31.0 Å². The van der Waals surface area contributed by atoms with Crippen molar-refractivity contribution in [1.29, 1.82) is 0 Å². The summed E-state index contributed by atoms with van der Waals surface area (Å²) in [6, 6.07) is 3.57. The number of hydrogen-bond donors (Lipinski definition) is 1. The lowest BCUT2D eigenvalue weighted by atomic mass is 10.0. The van der Waals surface area contributed by atoms with Crippen LogP contribution in [0.15, 0.2) is 23.2 Å². The minimum Gasteiger partial charge on any atom is -0.370 e. The molecule has 2 rings (SSSR count). The fourth-order valence-electron chi connectivity index (χ4n) is 2.27. The molecule has 0 amide bonds. The highest BCUT2D eigenvalue weighted by Crippen LogP contribution is 2.29. The van der Waals surface area contributed by atoms with Crippen LogP contribution in [0.5, 0.6) is 0 Å². The van der Waals surface area contributed by atoms with Crippen molar-refractivity contribution in [2.75, 3.05) is 6.54 Å². The Hall–Kier alpha value is -1.65. The number of nitrogens with zero attached hydrogens (tertiary/aromatic N) is 2. The number of guanidine groups is 1. The van der Waals surface area contributed by atoms with Gasteiger partial charge in [-0.1, -0.05) is 6.92 Å². The first-order valence-corrected chi connectivity index (χ1v) is 6.07. The first-order valence-electron chi connectivity index (χ1n) is 6.07. The maximum atomic E-state index is 13.3. The summed E-state index contributed by atoms with van der Waals surface area (Å²) in [5, 5.41) is 0. The predicted octanol–water partition coefficient (Wildman–Crippen LogP) is 2.43. The largest absolute Gasteiger partial charge is 0.370 e. The molecule has 18 heavy (non-hydrogen) atoms. The molecule has 1 aliphatic heterocycles. The second-order valence-electron chi connectivity index (χ2n) is 4.58. The predicted molar refractivity (Wildman–Crippen MR) is 67.2 cm³/mol. The fraction of sp³-hybridized carbons (Fsp3) is 0.462. The summed E-state index contributed by atoms with van der Waals surface area (Å²) in [6.07, 6.45) is 0.893. The lowest BCUT2D eigenvalue weighted by molar-refractivity contribution is 0.267. The van der Waals surface area contributed by atoms with Gasteiger partial charge in [0.25, 0.3) is 0 Å². The van der Waals surface area contributed by atoms with E-state index in [-0.39, 0.29) is 12.1 Å². The van der Waals surface area contributed by atoms with Crippen molar-refractivity contribution in [3.8, 4) is 0 Å².